The molecule has 0 bridgehead atoms. The van der Waals surface area contributed by atoms with Gasteiger partial charge in [0.15, 0.2) is 0 Å². The van der Waals surface area contributed by atoms with Crippen molar-refractivity contribution in [1.82, 2.24) is 19.9 Å². The van der Waals surface area contributed by atoms with E-state index in [1.165, 1.54) is 12.0 Å². The molecule has 1 atom stereocenters. The highest BCUT2D eigenvalue weighted by atomic mass is 35.5. The third-order valence-corrected chi connectivity index (χ3v) is 5.28. The van der Waals surface area contributed by atoms with Crippen LogP contribution in [-0.2, 0) is 6.54 Å². The van der Waals surface area contributed by atoms with E-state index in [1.54, 1.807) is 6.33 Å². The Bertz CT molecular complexity index is 869. The fourth-order valence-electron chi connectivity index (χ4n) is 3.72. The van der Waals surface area contributed by atoms with Crippen LogP contribution in [0.5, 0.6) is 0 Å². The summed E-state index contributed by atoms with van der Waals surface area (Å²) in [5.74, 6) is 0.389. The Hall–Kier alpha value is -2.30. The van der Waals surface area contributed by atoms with Gasteiger partial charge in [-0.3, -0.25) is 9.88 Å². The number of piperidine rings is 1. The van der Waals surface area contributed by atoms with Crippen LogP contribution in [0.2, 0.25) is 5.02 Å². The highest BCUT2D eigenvalue weighted by Crippen LogP contribution is 2.35. The zero-order valence-corrected chi connectivity index (χ0v) is 15.3. The van der Waals surface area contributed by atoms with E-state index in [0.717, 1.165) is 47.9 Å². The Balaban J connectivity index is 1.59. The van der Waals surface area contributed by atoms with E-state index in [1.807, 2.05) is 42.9 Å². The molecule has 0 saturated carbocycles. The first-order valence-electron chi connectivity index (χ1n) is 8.97. The SMILES string of the molecule is Clc1ccccc1-c1cncnc1C1CCCN(Cc2ccncc2)C1. The van der Waals surface area contributed by atoms with E-state index in [4.69, 9.17) is 11.6 Å². The van der Waals surface area contributed by atoms with Gasteiger partial charge in [0.2, 0.25) is 0 Å². The Kier molecular flexibility index (Phi) is 5.23. The number of nitrogens with zero attached hydrogens (tertiary/aromatic N) is 4. The summed E-state index contributed by atoms with van der Waals surface area (Å²) in [7, 11) is 0. The molecule has 0 amide bonds. The van der Waals surface area contributed by atoms with Crippen molar-refractivity contribution >= 4 is 11.6 Å². The first-order valence-corrected chi connectivity index (χ1v) is 9.35. The van der Waals surface area contributed by atoms with Gasteiger partial charge in [-0.05, 0) is 43.1 Å². The Morgan fingerprint density at radius 3 is 2.73 bits per heavy atom. The van der Waals surface area contributed by atoms with Crippen LogP contribution < -0.4 is 0 Å². The van der Waals surface area contributed by atoms with Crippen LogP contribution in [-0.4, -0.2) is 32.9 Å². The van der Waals surface area contributed by atoms with E-state index >= 15 is 0 Å². The lowest BCUT2D eigenvalue weighted by Gasteiger charge is -2.33. The topological polar surface area (TPSA) is 41.9 Å². The van der Waals surface area contributed by atoms with Crippen molar-refractivity contribution in [2.75, 3.05) is 13.1 Å². The van der Waals surface area contributed by atoms with Crippen molar-refractivity contribution in [3.05, 3.63) is 77.6 Å². The zero-order valence-electron chi connectivity index (χ0n) is 14.6. The molecule has 0 spiro atoms. The summed E-state index contributed by atoms with van der Waals surface area (Å²) < 4.78 is 0. The minimum Gasteiger partial charge on any atom is -0.298 e. The van der Waals surface area contributed by atoms with Gasteiger partial charge in [-0.15, -0.1) is 0 Å². The predicted molar refractivity (Wildman–Crippen MR) is 104 cm³/mol. The molecule has 3 aromatic rings. The molecule has 1 aromatic carbocycles. The van der Waals surface area contributed by atoms with E-state index < -0.39 is 0 Å². The van der Waals surface area contributed by atoms with Gasteiger partial charge in [-0.25, -0.2) is 9.97 Å². The quantitative estimate of drug-likeness (QED) is 0.680. The smallest absolute Gasteiger partial charge is 0.115 e. The summed E-state index contributed by atoms with van der Waals surface area (Å²) >= 11 is 6.43. The average molecular weight is 365 g/mol. The summed E-state index contributed by atoms with van der Waals surface area (Å²) in [5.41, 5.74) is 4.46. The summed E-state index contributed by atoms with van der Waals surface area (Å²) in [5, 5.41) is 0.744. The Morgan fingerprint density at radius 2 is 1.88 bits per heavy atom. The Morgan fingerprint density at radius 1 is 1.04 bits per heavy atom. The molecule has 4 nitrogen and oxygen atoms in total. The number of likely N-dealkylation sites (tertiary alicyclic amines) is 1. The van der Waals surface area contributed by atoms with Gasteiger partial charge in [0, 0.05) is 53.7 Å². The van der Waals surface area contributed by atoms with Gasteiger partial charge in [0.1, 0.15) is 6.33 Å². The number of benzene rings is 1. The summed E-state index contributed by atoms with van der Waals surface area (Å²) in [4.78, 5) is 15.5. The minimum atomic E-state index is 0.389. The number of hydrogen-bond acceptors (Lipinski definition) is 4. The van der Waals surface area contributed by atoms with Crippen molar-refractivity contribution < 1.29 is 0 Å². The van der Waals surface area contributed by atoms with Crippen molar-refractivity contribution in [1.29, 1.82) is 0 Å². The summed E-state index contributed by atoms with van der Waals surface area (Å²) in [6.45, 7) is 3.06. The minimum absolute atomic E-state index is 0.389. The standard InChI is InChI=1S/C21H21ClN4/c22-20-6-2-1-5-18(20)19-12-24-15-25-21(19)17-4-3-11-26(14-17)13-16-7-9-23-10-8-16/h1-2,5-10,12,15,17H,3-4,11,13-14H2. The molecule has 0 aliphatic carbocycles. The fourth-order valence-corrected chi connectivity index (χ4v) is 3.96. The highest BCUT2D eigenvalue weighted by Gasteiger charge is 2.25. The largest absolute Gasteiger partial charge is 0.298 e. The number of aromatic nitrogens is 3. The van der Waals surface area contributed by atoms with E-state index in [2.05, 4.69) is 32.0 Å². The van der Waals surface area contributed by atoms with Crippen molar-refractivity contribution in [2.24, 2.45) is 0 Å². The van der Waals surface area contributed by atoms with Crippen LogP contribution in [0.15, 0.2) is 61.3 Å². The maximum absolute atomic E-state index is 6.43. The number of rotatable bonds is 4. The monoisotopic (exact) mass is 364 g/mol. The van der Waals surface area contributed by atoms with E-state index in [0.29, 0.717) is 5.92 Å². The molecule has 1 aliphatic heterocycles. The number of halogens is 1. The normalized spacial score (nSPS) is 18.0. The molecule has 1 aliphatic rings. The predicted octanol–water partition coefficient (Wildman–Crippen LogP) is 4.57. The van der Waals surface area contributed by atoms with Gasteiger partial charge in [-0.2, -0.15) is 0 Å². The van der Waals surface area contributed by atoms with Crippen molar-refractivity contribution in [3.8, 4) is 11.1 Å². The van der Waals surface area contributed by atoms with Crippen LogP contribution in [0.4, 0.5) is 0 Å². The first-order chi connectivity index (χ1) is 12.8. The lowest BCUT2D eigenvalue weighted by atomic mass is 9.90. The zero-order chi connectivity index (χ0) is 17.8. The third-order valence-electron chi connectivity index (χ3n) is 4.95. The third kappa shape index (κ3) is 3.76. The molecule has 5 heteroatoms. The highest BCUT2D eigenvalue weighted by molar-refractivity contribution is 6.33. The molecule has 1 saturated heterocycles. The maximum Gasteiger partial charge on any atom is 0.115 e. The fraction of sp³-hybridized carbons (Fsp3) is 0.286. The van der Waals surface area contributed by atoms with Gasteiger partial charge >= 0.3 is 0 Å². The lowest BCUT2D eigenvalue weighted by molar-refractivity contribution is 0.198. The van der Waals surface area contributed by atoms with Gasteiger partial charge in [0.25, 0.3) is 0 Å². The van der Waals surface area contributed by atoms with E-state index in [-0.39, 0.29) is 0 Å². The van der Waals surface area contributed by atoms with Gasteiger partial charge < -0.3 is 0 Å². The van der Waals surface area contributed by atoms with Crippen LogP contribution in [0.25, 0.3) is 11.1 Å². The molecule has 2 aromatic heterocycles. The molecule has 1 unspecified atom stereocenters. The molecular weight excluding hydrogens is 344 g/mol. The van der Waals surface area contributed by atoms with Crippen molar-refractivity contribution in [2.45, 2.75) is 25.3 Å². The number of hydrogen-bond donors (Lipinski definition) is 0. The molecule has 26 heavy (non-hydrogen) atoms. The van der Waals surface area contributed by atoms with Crippen LogP contribution in [0, 0.1) is 0 Å². The Labute approximate surface area is 158 Å². The lowest BCUT2D eigenvalue weighted by Crippen LogP contribution is -2.34. The van der Waals surface area contributed by atoms with Gasteiger partial charge in [-0.1, -0.05) is 29.8 Å². The molecule has 3 heterocycles. The molecule has 132 valence electrons. The van der Waals surface area contributed by atoms with Crippen LogP contribution in [0.1, 0.15) is 30.0 Å². The van der Waals surface area contributed by atoms with E-state index in [9.17, 15) is 0 Å². The molecule has 4 rings (SSSR count). The molecule has 1 fully saturated rings. The molecule has 0 N–H and O–H groups in total. The molecular formula is C21H21ClN4. The maximum atomic E-state index is 6.43. The first kappa shape index (κ1) is 17.1. The van der Waals surface area contributed by atoms with Crippen LogP contribution >= 0.6 is 11.6 Å². The van der Waals surface area contributed by atoms with Crippen LogP contribution in [0.3, 0.4) is 0 Å². The second-order valence-corrected chi connectivity index (χ2v) is 7.14. The number of pyridine rings is 1. The second-order valence-electron chi connectivity index (χ2n) is 6.73. The van der Waals surface area contributed by atoms with Crippen molar-refractivity contribution in [3.63, 3.8) is 0 Å². The summed E-state index contributed by atoms with van der Waals surface area (Å²) in [6, 6.07) is 12.1. The molecule has 0 radical (unpaired) electrons. The summed E-state index contributed by atoms with van der Waals surface area (Å²) in [6.07, 6.45) is 9.57. The van der Waals surface area contributed by atoms with Gasteiger partial charge in [0.05, 0.1) is 5.69 Å². The second kappa shape index (κ2) is 7.94. The average Bonchev–Trinajstić information content (AvgIpc) is 2.69.